The molecule has 0 unspecified atom stereocenters. The van der Waals surface area contributed by atoms with Crippen molar-refractivity contribution in [1.82, 2.24) is 4.90 Å². The van der Waals surface area contributed by atoms with Crippen LogP contribution in [-0.2, 0) is 10.2 Å². The summed E-state index contributed by atoms with van der Waals surface area (Å²) < 4.78 is 1.12. The minimum Gasteiger partial charge on any atom is -0.481 e. The molecule has 0 amide bonds. The number of likely N-dealkylation sites (tertiary alicyclic amines) is 1. The molecule has 1 heterocycles. The molecule has 2 rings (SSSR count). The predicted octanol–water partition coefficient (Wildman–Crippen LogP) is 4.01. The molecular weight excluding hydrogens is 330 g/mol. The van der Waals surface area contributed by atoms with Crippen molar-refractivity contribution in [2.24, 2.45) is 0 Å². The second kappa shape index (κ2) is 6.49. The van der Waals surface area contributed by atoms with Crippen LogP contribution in [0, 0.1) is 0 Å². The molecule has 0 atom stereocenters. The number of rotatable bonds is 4. The van der Waals surface area contributed by atoms with Gasteiger partial charge in [-0.2, -0.15) is 0 Å². The average molecular weight is 354 g/mol. The Balaban J connectivity index is 2.19. The van der Waals surface area contributed by atoms with Crippen LogP contribution < -0.4 is 0 Å². The van der Waals surface area contributed by atoms with Crippen molar-refractivity contribution < 1.29 is 9.90 Å². The molecule has 1 fully saturated rings. The third-order valence-electron chi connectivity index (χ3n) is 4.53. The van der Waals surface area contributed by atoms with E-state index in [1.54, 1.807) is 0 Å². The minimum absolute atomic E-state index is 0.146. The van der Waals surface area contributed by atoms with Crippen molar-refractivity contribution in [3.05, 3.63) is 33.8 Å². The average Bonchev–Trinajstić information content (AvgIpc) is 2.38. The molecule has 0 aliphatic carbocycles. The van der Waals surface area contributed by atoms with Gasteiger partial charge >= 0.3 is 5.97 Å². The minimum atomic E-state index is -0.754. The number of benzene rings is 1. The van der Waals surface area contributed by atoms with Gasteiger partial charge in [0.05, 0.1) is 6.42 Å². The lowest BCUT2D eigenvalue weighted by Gasteiger charge is -2.30. The van der Waals surface area contributed by atoms with Crippen LogP contribution in [0.5, 0.6) is 0 Å². The first-order chi connectivity index (χ1) is 9.79. The van der Waals surface area contributed by atoms with Crippen LogP contribution >= 0.6 is 15.9 Å². The third-order valence-corrected chi connectivity index (χ3v) is 5.22. The van der Waals surface area contributed by atoms with E-state index in [0.717, 1.165) is 23.1 Å². The number of halogens is 1. The van der Waals surface area contributed by atoms with E-state index in [4.69, 9.17) is 5.11 Å². The Morgan fingerprint density at radius 2 is 2.00 bits per heavy atom. The number of hydrogen-bond acceptors (Lipinski definition) is 2. The summed E-state index contributed by atoms with van der Waals surface area (Å²) in [4.78, 5) is 13.4. The zero-order chi connectivity index (χ0) is 15.6. The van der Waals surface area contributed by atoms with E-state index < -0.39 is 5.97 Å². The summed E-state index contributed by atoms with van der Waals surface area (Å²) in [7, 11) is 2.17. The van der Waals surface area contributed by atoms with Crippen molar-refractivity contribution in [2.45, 2.75) is 44.4 Å². The first-order valence-electron chi connectivity index (χ1n) is 7.50. The smallest absolute Gasteiger partial charge is 0.304 e. The Kier molecular flexibility index (Phi) is 5.10. The van der Waals surface area contributed by atoms with Crippen molar-refractivity contribution in [3.8, 4) is 0 Å². The highest BCUT2D eigenvalue weighted by Gasteiger charge is 2.26. The number of piperidine rings is 1. The highest BCUT2D eigenvalue weighted by Crippen LogP contribution is 2.36. The van der Waals surface area contributed by atoms with Gasteiger partial charge in [0.15, 0.2) is 0 Å². The SMILES string of the molecule is CN1CCC(c2ccc(C(C)(C)CC(=O)O)cc2Br)CC1. The molecule has 1 aliphatic rings. The van der Waals surface area contributed by atoms with Crippen LogP contribution in [0.3, 0.4) is 0 Å². The molecule has 0 spiro atoms. The monoisotopic (exact) mass is 353 g/mol. The standard InChI is InChI=1S/C17H24BrNO2/c1-17(2,11-16(20)21)13-4-5-14(15(18)10-13)12-6-8-19(3)9-7-12/h4-5,10,12H,6-9,11H2,1-3H3,(H,20,21). The summed E-state index contributed by atoms with van der Waals surface area (Å²) in [6.07, 6.45) is 2.52. The predicted molar refractivity (Wildman–Crippen MR) is 88.9 cm³/mol. The summed E-state index contributed by atoms with van der Waals surface area (Å²) >= 11 is 3.70. The van der Waals surface area contributed by atoms with Gasteiger partial charge in [-0.1, -0.05) is 41.9 Å². The van der Waals surface area contributed by atoms with Crippen LogP contribution in [0.2, 0.25) is 0 Å². The Bertz CT molecular complexity index is 520. The molecule has 3 nitrogen and oxygen atoms in total. The quantitative estimate of drug-likeness (QED) is 0.888. The fourth-order valence-electron chi connectivity index (χ4n) is 3.08. The van der Waals surface area contributed by atoms with Gasteiger partial charge in [0.25, 0.3) is 0 Å². The lowest BCUT2D eigenvalue weighted by molar-refractivity contribution is -0.138. The molecule has 1 aromatic carbocycles. The van der Waals surface area contributed by atoms with Crippen LogP contribution in [0.4, 0.5) is 0 Å². The molecule has 1 saturated heterocycles. The highest BCUT2D eigenvalue weighted by molar-refractivity contribution is 9.10. The largest absolute Gasteiger partial charge is 0.481 e. The summed E-state index contributed by atoms with van der Waals surface area (Å²) in [5.41, 5.74) is 2.09. The molecule has 0 aromatic heterocycles. The molecule has 116 valence electrons. The molecular formula is C17H24BrNO2. The number of carbonyl (C=O) groups is 1. The molecule has 0 radical (unpaired) electrons. The van der Waals surface area contributed by atoms with Crippen LogP contribution in [0.15, 0.2) is 22.7 Å². The van der Waals surface area contributed by atoms with E-state index in [0.29, 0.717) is 5.92 Å². The van der Waals surface area contributed by atoms with Gasteiger partial charge in [-0.25, -0.2) is 0 Å². The molecule has 4 heteroatoms. The topological polar surface area (TPSA) is 40.5 Å². The highest BCUT2D eigenvalue weighted by atomic mass is 79.9. The summed E-state index contributed by atoms with van der Waals surface area (Å²) in [5, 5.41) is 9.05. The lowest BCUT2D eigenvalue weighted by atomic mass is 9.80. The van der Waals surface area contributed by atoms with E-state index in [-0.39, 0.29) is 11.8 Å². The lowest BCUT2D eigenvalue weighted by Crippen LogP contribution is -2.29. The number of carboxylic acids is 1. The maximum absolute atomic E-state index is 11.0. The second-order valence-corrected chi connectivity index (χ2v) is 7.62. The number of nitrogens with zero attached hydrogens (tertiary/aromatic N) is 1. The summed E-state index contributed by atoms with van der Waals surface area (Å²) in [5.74, 6) is -0.150. The van der Waals surface area contributed by atoms with Gasteiger partial charge in [0.2, 0.25) is 0 Å². The van der Waals surface area contributed by atoms with E-state index in [1.165, 1.54) is 18.4 Å². The van der Waals surface area contributed by atoms with E-state index in [1.807, 2.05) is 13.8 Å². The molecule has 0 bridgehead atoms. The van der Waals surface area contributed by atoms with Gasteiger partial charge in [0.1, 0.15) is 0 Å². The maximum atomic E-state index is 11.0. The number of carboxylic acid groups (broad SMARTS) is 1. The zero-order valence-corrected chi connectivity index (χ0v) is 14.6. The van der Waals surface area contributed by atoms with Crippen LogP contribution in [-0.4, -0.2) is 36.1 Å². The second-order valence-electron chi connectivity index (χ2n) is 6.77. The van der Waals surface area contributed by atoms with Crippen molar-refractivity contribution >= 4 is 21.9 Å². The summed E-state index contributed by atoms with van der Waals surface area (Å²) in [6.45, 7) is 6.25. The van der Waals surface area contributed by atoms with Gasteiger partial charge in [-0.05, 0) is 56.1 Å². The molecule has 21 heavy (non-hydrogen) atoms. The van der Waals surface area contributed by atoms with Gasteiger partial charge in [0, 0.05) is 9.89 Å². The fourth-order valence-corrected chi connectivity index (χ4v) is 3.78. The van der Waals surface area contributed by atoms with Crippen molar-refractivity contribution in [1.29, 1.82) is 0 Å². The zero-order valence-electron chi connectivity index (χ0n) is 13.0. The Labute approximate surface area is 135 Å². The van der Waals surface area contributed by atoms with E-state index in [2.05, 4.69) is 46.1 Å². The van der Waals surface area contributed by atoms with Crippen LogP contribution in [0.1, 0.15) is 50.2 Å². The Hall–Kier alpha value is -0.870. The summed E-state index contributed by atoms with van der Waals surface area (Å²) in [6, 6.07) is 6.39. The Morgan fingerprint density at radius 3 is 2.52 bits per heavy atom. The molecule has 1 aromatic rings. The van der Waals surface area contributed by atoms with E-state index in [9.17, 15) is 4.79 Å². The van der Waals surface area contributed by atoms with Crippen molar-refractivity contribution in [2.75, 3.05) is 20.1 Å². The van der Waals surface area contributed by atoms with E-state index >= 15 is 0 Å². The van der Waals surface area contributed by atoms with Crippen LogP contribution in [0.25, 0.3) is 0 Å². The Morgan fingerprint density at radius 1 is 1.38 bits per heavy atom. The first-order valence-corrected chi connectivity index (χ1v) is 8.29. The molecule has 0 saturated carbocycles. The van der Waals surface area contributed by atoms with Crippen molar-refractivity contribution in [3.63, 3.8) is 0 Å². The molecule has 1 aliphatic heterocycles. The third kappa shape index (κ3) is 4.07. The number of hydrogen-bond donors (Lipinski definition) is 1. The van der Waals surface area contributed by atoms with Gasteiger partial charge in [-0.3, -0.25) is 4.79 Å². The normalized spacial score (nSPS) is 17.9. The van der Waals surface area contributed by atoms with Gasteiger partial charge < -0.3 is 10.0 Å². The fraction of sp³-hybridized carbons (Fsp3) is 0.588. The number of aliphatic carboxylic acids is 1. The maximum Gasteiger partial charge on any atom is 0.304 e. The molecule has 1 N–H and O–H groups in total. The van der Waals surface area contributed by atoms with Gasteiger partial charge in [-0.15, -0.1) is 0 Å². The first kappa shape index (κ1) is 16.5.